The normalized spacial score (nSPS) is 18.1. The van der Waals surface area contributed by atoms with Crippen LogP contribution < -0.4 is 4.90 Å². The molecule has 96 valence electrons. The standard InChI is InChI=1S/C14H13ClN4/c1-18-14(11-6-8-16-9-7-11)19(10-17-18)13-5-3-2-4-12(13)15/h2-10,14H,1H3. The fourth-order valence-electron chi connectivity index (χ4n) is 2.21. The molecule has 0 amide bonds. The summed E-state index contributed by atoms with van der Waals surface area (Å²) in [5, 5.41) is 6.96. The minimum atomic E-state index is 0.00269. The van der Waals surface area contributed by atoms with Crippen LogP contribution in [0.15, 0.2) is 53.9 Å². The van der Waals surface area contributed by atoms with Crippen molar-refractivity contribution in [3.05, 3.63) is 59.4 Å². The first kappa shape index (κ1) is 12.0. The molecule has 0 spiro atoms. The topological polar surface area (TPSA) is 31.7 Å². The zero-order chi connectivity index (χ0) is 13.2. The Kier molecular flexibility index (Phi) is 3.09. The molecule has 1 aliphatic rings. The van der Waals surface area contributed by atoms with Crippen molar-refractivity contribution in [3.63, 3.8) is 0 Å². The maximum atomic E-state index is 6.27. The number of rotatable bonds is 2. The van der Waals surface area contributed by atoms with Gasteiger partial charge in [-0.25, -0.2) is 0 Å². The highest BCUT2D eigenvalue weighted by atomic mass is 35.5. The Balaban J connectivity index is 2.02. The van der Waals surface area contributed by atoms with Gasteiger partial charge in [0.05, 0.1) is 10.7 Å². The maximum absolute atomic E-state index is 6.27. The van der Waals surface area contributed by atoms with E-state index in [1.165, 1.54) is 0 Å². The number of pyridine rings is 1. The fraction of sp³-hybridized carbons (Fsp3) is 0.143. The van der Waals surface area contributed by atoms with Gasteiger partial charge in [0, 0.05) is 19.4 Å². The van der Waals surface area contributed by atoms with E-state index in [-0.39, 0.29) is 6.17 Å². The van der Waals surface area contributed by atoms with Gasteiger partial charge in [0.2, 0.25) is 0 Å². The van der Waals surface area contributed by atoms with Gasteiger partial charge in [-0.05, 0) is 29.8 Å². The van der Waals surface area contributed by atoms with Gasteiger partial charge in [0.25, 0.3) is 0 Å². The summed E-state index contributed by atoms with van der Waals surface area (Å²) in [5.41, 5.74) is 2.06. The van der Waals surface area contributed by atoms with Crippen LogP contribution in [0.25, 0.3) is 0 Å². The summed E-state index contributed by atoms with van der Waals surface area (Å²) in [6, 6.07) is 11.7. The van der Waals surface area contributed by atoms with Crippen LogP contribution in [-0.4, -0.2) is 23.4 Å². The molecule has 2 heterocycles. The van der Waals surface area contributed by atoms with Crippen molar-refractivity contribution in [2.75, 3.05) is 11.9 Å². The second kappa shape index (κ2) is 4.90. The smallest absolute Gasteiger partial charge is 0.149 e. The number of nitrogens with zero attached hydrogens (tertiary/aromatic N) is 4. The van der Waals surface area contributed by atoms with Crippen LogP contribution in [0.2, 0.25) is 5.02 Å². The van der Waals surface area contributed by atoms with E-state index in [4.69, 9.17) is 11.6 Å². The van der Waals surface area contributed by atoms with Crippen molar-refractivity contribution in [3.8, 4) is 0 Å². The second-order valence-corrected chi connectivity index (χ2v) is 4.72. The highest BCUT2D eigenvalue weighted by molar-refractivity contribution is 6.33. The molecule has 0 fully saturated rings. The number of hydrogen-bond acceptors (Lipinski definition) is 4. The number of benzene rings is 1. The molecule has 1 aliphatic heterocycles. The summed E-state index contributed by atoms with van der Waals surface area (Å²) < 4.78 is 0. The monoisotopic (exact) mass is 272 g/mol. The molecule has 0 bridgehead atoms. The lowest BCUT2D eigenvalue weighted by Crippen LogP contribution is -2.30. The van der Waals surface area contributed by atoms with Gasteiger partial charge >= 0.3 is 0 Å². The van der Waals surface area contributed by atoms with E-state index in [2.05, 4.69) is 15.0 Å². The molecule has 1 atom stereocenters. The van der Waals surface area contributed by atoms with E-state index in [1.54, 1.807) is 18.7 Å². The van der Waals surface area contributed by atoms with Gasteiger partial charge in [-0.2, -0.15) is 5.10 Å². The molecular weight excluding hydrogens is 260 g/mol. The number of para-hydroxylation sites is 1. The summed E-state index contributed by atoms with van der Waals surface area (Å²) >= 11 is 6.27. The van der Waals surface area contributed by atoms with Crippen LogP contribution in [0, 0.1) is 0 Å². The van der Waals surface area contributed by atoms with E-state index in [1.807, 2.05) is 48.5 Å². The number of aromatic nitrogens is 1. The molecule has 1 aromatic carbocycles. The zero-order valence-corrected chi connectivity index (χ0v) is 11.2. The quantitative estimate of drug-likeness (QED) is 0.842. The maximum Gasteiger partial charge on any atom is 0.149 e. The Morgan fingerprint density at radius 1 is 1.11 bits per heavy atom. The van der Waals surface area contributed by atoms with Gasteiger partial charge in [-0.15, -0.1) is 0 Å². The molecule has 0 saturated heterocycles. The molecule has 4 nitrogen and oxygen atoms in total. The summed E-state index contributed by atoms with van der Waals surface area (Å²) in [5.74, 6) is 0. The van der Waals surface area contributed by atoms with Gasteiger partial charge in [-0.1, -0.05) is 23.7 Å². The number of anilines is 1. The lowest BCUT2D eigenvalue weighted by Gasteiger charge is -2.29. The summed E-state index contributed by atoms with van der Waals surface area (Å²) in [7, 11) is 1.94. The van der Waals surface area contributed by atoms with Crippen LogP contribution >= 0.6 is 11.6 Å². The molecule has 1 unspecified atom stereocenters. The molecule has 0 N–H and O–H groups in total. The van der Waals surface area contributed by atoms with E-state index in [0.29, 0.717) is 5.02 Å². The van der Waals surface area contributed by atoms with E-state index < -0.39 is 0 Å². The van der Waals surface area contributed by atoms with Crippen LogP contribution in [0.1, 0.15) is 11.7 Å². The molecule has 5 heteroatoms. The average molecular weight is 273 g/mol. The van der Waals surface area contributed by atoms with Crippen LogP contribution in [0.5, 0.6) is 0 Å². The molecule has 3 rings (SSSR count). The average Bonchev–Trinajstić information content (AvgIpc) is 2.82. The van der Waals surface area contributed by atoms with Crippen LogP contribution in [0.4, 0.5) is 5.69 Å². The van der Waals surface area contributed by atoms with Gasteiger partial charge in [0.15, 0.2) is 0 Å². The van der Waals surface area contributed by atoms with Crippen molar-refractivity contribution in [2.45, 2.75) is 6.17 Å². The minimum absolute atomic E-state index is 0.00269. The van der Waals surface area contributed by atoms with Gasteiger partial charge < -0.3 is 4.90 Å². The Labute approximate surface area is 116 Å². The van der Waals surface area contributed by atoms with Crippen molar-refractivity contribution in [1.82, 2.24) is 9.99 Å². The first-order chi connectivity index (χ1) is 9.27. The Bertz CT molecular complexity index is 599. The third-order valence-corrected chi connectivity index (χ3v) is 3.43. The third-order valence-electron chi connectivity index (χ3n) is 3.11. The molecule has 19 heavy (non-hydrogen) atoms. The second-order valence-electron chi connectivity index (χ2n) is 4.32. The van der Waals surface area contributed by atoms with E-state index >= 15 is 0 Å². The summed E-state index contributed by atoms with van der Waals surface area (Å²) in [6.07, 6.45) is 5.37. The van der Waals surface area contributed by atoms with Crippen LogP contribution in [-0.2, 0) is 0 Å². The van der Waals surface area contributed by atoms with Crippen LogP contribution in [0.3, 0.4) is 0 Å². The molecular formula is C14H13ClN4. The Hall–Kier alpha value is -2.07. The predicted octanol–water partition coefficient (Wildman–Crippen LogP) is 3.13. The lowest BCUT2D eigenvalue weighted by molar-refractivity contribution is 0.290. The molecule has 0 aliphatic carbocycles. The van der Waals surface area contributed by atoms with Gasteiger partial charge in [-0.3, -0.25) is 9.99 Å². The van der Waals surface area contributed by atoms with E-state index in [0.717, 1.165) is 11.3 Å². The first-order valence-corrected chi connectivity index (χ1v) is 6.35. The SMILES string of the molecule is CN1N=CN(c2ccccc2Cl)C1c1ccncc1. The Morgan fingerprint density at radius 2 is 1.84 bits per heavy atom. The van der Waals surface area contributed by atoms with Gasteiger partial charge in [0.1, 0.15) is 12.5 Å². The van der Waals surface area contributed by atoms with Crippen molar-refractivity contribution in [1.29, 1.82) is 0 Å². The molecule has 0 radical (unpaired) electrons. The number of hydrazone groups is 1. The molecule has 0 saturated carbocycles. The van der Waals surface area contributed by atoms with E-state index in [9.17, 15) is 0 Å². The molecule has 2 aromatic rings. The highest BCUT2D eigenvalue weighted by Gasteiger charge is 2.28. The number of hydrogen-bond donors (Lipinski definition) is 0. The lowest BCUT2D eigenvalue weighted by atomic mass is 10.1. The number of halogens is 1. The minimum Gasteiger partial charge on any atom is -0.303 e. The highest BCUT2D eigenvalue weighted by Crippen LogP contribution is 2.35. The predicted molar refractivity (Wildman–Crippen MR) is 77.2 cm³/mol. The van der Waals surface area contributed by atoms with Crippen molar-refractivity contribution >= 4 is 23.6 Å². The fourth-order valence-corrected chi connectivity index (χ4v) is 2.44. The summed E-state index contributed by atoms with van der Waals surface area (Å²) in [4.78, 5) is 6.11. The largest absolute Gasteiger partial charge is 0.303 e. The zero-order valence-electron chi connectivity index (χ0n) is 10.4. The summed E-state index contributed by atoms with van der Waals surface area (Å²) in [6.45, 7) is 0. The Morgan fingerprint density at radius 3 is 2.58 bits per heavy atom. The first-order valence-electron chi connectivity index (χ1n) is 5.97. The molecule has 1 aromatic heterocycles. The van der Waals surface area contributed by atoms with Crippen molar-refractivity contribution < 1.29 is 0 Å². The van der Waals surface area contributed by atoms with Crippen molar-refractivity contribution in [2.24, 2.45) is 5.10 Å². The third kappa shape index (κ3) is 2.15.